The van der Waals surface area contributed by atoms with Crippen LogP contribution in [0.5, 0.6) is 23.0 Å². The molecule has 0 aliphatic heterocycles. The van der Waals surface area contributed by atoms with Crippen LogP contribution in [0.4, 0.5) is 0 Å². The van der Waals surface area contributed by atoms with Gasteiger partial charge in [0.2, 0.25) is 6.29 Å². The number of aliphatic hydroxyl groups is 1. The molecule has 0 aromatic heterocycles. The van der Waals surface area contributed by atoms with E-state index in [2.05, 4.69) is 19.7 Å². The van der Waals surface area contributed by atoms with Crippen molar-refractivity contribution in [2.75, 3.05) is 6.61 Å². The molecule has 2 aromatic carbocycles. The smallest absolute Gasteiger partial charge is 0.335 e. The summed E-state index contributed by atoms with van der Waals surface area (Å²) in [6.45, 7) is 12.2. The van der Waals surface area contributed by atoms with Crippen molar-refractivity contribution in [3.05, 3.63) is 85.5 Å². The molecule has 2 saturated carbocycles. The van der Waals surface area contributed by atoms with Crippen LogP contribution in [0.1, 0.15) is 63.9 Å². The van der Waals surface area contributed by atoms with Crippen molar-refractivity contribution in [1.29, 1.82) is 0 Å². The van der Waals surface area contributed by atoms with Gasteiger partial charge in [0.15, 0.2) is 11.5 Å². The Bertz CT molecular complexity index is 1480. The maximum atomic E-state index is 12.8. The Kier molecular flexibility index (Phi) is 13.1. The summed E-state index contributed by atoms with van der Waals surface area (Å²) in [5.41, 5.74) is 1.23. The minimum atomic E-state index is -1.09. The van der Waals surface area contributed by atoms with E-state index in [0.29, 0.717) is 35.3 Å². The molecule has 4 rings (SSSR count). The van der Waals surface area contributed by atoms with Gasteiger partial charge in [-0.25, -0.2) is 9.59 Å². The summed E-state index contributed by atoms with van der Waals surface area (Å²) in [7, 11) is 0. The van der Waals surface area contributed by atoms with Gasteiger partial charge in [-0.05, 0) is 118 Å². The molecule has 0 bridgehead atoms. The van der Waals surface area contributed by atoms with E-state index in [1.54, 1.807) is 43.3 Å². The van der Waals surface area contributed by atoms with Crippen LogP contribution in [-0.2, 0) is 30.3 Å². The molecule has 48 heavy (non-hydrogen) atoms. The first-order valence-electron chi connectivity index (χ1n) is 16.4. The topological polar surface area (TPSA) is 135 Å². The molecule has 1 atom stereocenters. The van der Waals surface area contributed by atoms with E-state index in [9.17, 15) is 24.3 Å². The van der Waals surface area contributed by atoms with Gasteiger partial charge in [-0.3, -0.25) is 9.59 Å². The van der Waals surface area contributed by atoms with Gasteiger partial charge < -0.3 is 28.8 Å². The number of hydrogen-bond acceptors (Lipinski definition) is 10. The zero-order valence-corrected chi connectivity index (χ0v) is 27.4. The van der Waals surface area contributed by atoms with Gasteiger partial charge >= 0.3 is 23.9 Å². The SMILES string of the molecule is C=CC(=O)Oc1ccc(CCOC(=O)C2CCC(C3CCC(C(=O)Oc4ccc(OC(O)C(=C)C)cc4)CC3)CC2)cc1OC(=O)C=C. The van der Waals surface area contributed by atoms with Crippen LogP contribution in [0.15, 0.2) is 79.9 Å². The Balaban J connectivity index is 1.16. The van der Waals surface area contributed by atoms with E-state index in [4.69, 9.17) is 23.7 Å². The van der Waals surface area contributed by atoms with E-state index in [-0.39, 0.29) is 41.9 Å². The van der Waals surface area contributed by atoms with Crippen molar-refractivity contribution in [3.8, 4) is 23.0 Å². The average molecular weight is 661 g/mol. The fourth-order valence-electron chi connectivity index (χ4n) is 6.23. The van der Waals surface area contributed by atoms with Crippen molar-refractivity contribution < 1.29 is 48.0 Å². The van der Waals surface area contributed by atoms with Gasteiger partial charge in [-0.15, -0.1) is 0 Å². The van der Waals surface area contributed by atoms with E-state index >= 15 is 0 Å². The molecule has 1 unspecified atom stereocenters. The van der Waals surface area contributed by atoms with Crippen LogP contribution >= 0.6 is 0 Å². The molecular weight excluding hydrogens is 616 g/mol. The van der Waals surface area contributed by atoms with Crippen LogP contribution in [0.25, 0.3) is 0 Å². The molecular formula is C38H44O10. The second kappa shape index (κ2) is 17.5. The highest BCUT2D eigenvalue weighted by molar-refractivity contribution is 5.86. The molecule has 2 aliphatic carbocycles. The van der Waals surface area contributed by atoms with Crippen molar-refractivity contribution >= 4 is 23.9 Å². The van der Waals surface area contributed by atoms with E-state index in [1.165, 1.54) is 6.07 Å². The van der Waals surface area contributed by atoms with Crippen LogP contribution in [-0.4, -0.2) is 41.9 Å². The Labute approximate surface area is 281 Å². The zero-order valence-electron chi connectivity index (χ0n) is 27.4. The summed E-state index contributed by atoms with van der Waals surface area (Å²) >= 11 is 0. The number of benzene rings is 2. The van der Waals surface area contributed by atoms with Gasteiger partial charge in [-0.1, -0.05) is 25.8 Å². The predicted octanol–water partition coefficient (Wildman–Crippen LogP) is 6.45. The Hall–Kier alpha value is -4.70. The number of carbonyl (C=O) groups is 4. The summed E-state index contributed by atoms with van der Waals surface area (Å²) in [5, 5.41) is 9.79. The van der Waals surface area contributed by atoms with Crippen molar-refractivity contribution in [1.82, 2.24) is 0 Å². The summed E-state index contributed by atoms with van der Waals surface area (Å²) < 4.78 is 26.9. The first kappa shape index (κ1) is 36.1. The van der Waals surface area contributed by atoms with Crippen molar-refractivity contribution in [2.24, 2.45) is 23.7 Å². The van der Waals surface area contributed by atoms with Gasteiger partial charge in [0, 0.05) is 18.6 Å². The van der Waals surface area contributed by atoms with Crippen LogP contribution in [0.2, 0.25) is 0 Å². The highest BCUT2D eigenvalue weighted by Gasteiger charge is 2.35. The maximum absolute atomic E-state index is 12.8. The maximum Gasteiger partial charge on any atom is 0.335 e. The third kappa shape index (κ3) is 10.4. The number of ether oxygens (including phenoxy) is 5. The summed E-state index contributed by atoms with van der Waals surface area (Å²) in [4.78, 5) is 49.1. The molecule has 256 valence electrons. The molecule has 0 amide bonds. The Morgan fingerprint density at radius 2 is 1.27 bits per heavy atom. The fourth-order valence-corrected chi connectivity index (χ4v) is 6.23. The molecule has 10 heteroatoms. The molecule has 0 radical (unpaired) electrons. The fraction of sp³-hybridized carbons (Fsp3) is 0.421. The largest absolute Gasteiger partial charge is 0.465 e. The quantitative estimate of drug-likeness (QED) is 0.0792. The Morgan fingerprint density at radius 3 is 1.81 bits per heavy atom. The third-order valence-electron chi connectivity index (χ3n) is 8.99. The lowest BCUT2D eigenvalue weighted by molar-refractivity contribution is -0.150. The second-order valence-corrected chi connectivity index (χ2v) is 12.4. The Morgan fingerprint density at radius 1 is 0.750 bits per heavy atom. The summed E-state index contributed by atoms with van der Waals surface area (Å²) in [5.74, 6) is -0.0406. The minimum absolute atomic E-state index is 0.0563. The molecule has 1 N–H and O–H groups in total. The highest BCUT2D eigenvalue weighted by Crippen LogP contribution is 2.42. The lowest BCUT2D eigenvalue weighted by Gasteiger charge is -2.36. The monoisotopic (exact) mass is 660 g/mol. The van der Waals surface area contributed by atoms with E-state index in [1.807, 2.05) is 0 Å². The van der Waals surface area contributed by atoms with Gasteiger partial charge in [0.25, 0.3) is 0 Å². The zero-order chi connectivity index (χ0) is 34.6. The number of carbonyl (C=O) groups excluding carboxylic acids is 4. The number of rotatable bonds is 14. The van der Waals surface area contributed by atoms with Crippen molar-refractivity contribution in [2.45, 2.75) is 71.0 Å². The lowest BCUT2D eigenvalue weighted by Crippen LogP contribution is -2.31. The predicted molar refractivity (Wildman–Crippen MR) is 177 cm³/mol. The number of aliphatic hydroxyl groups excluding tert-OH is 1. The van der Waals surface area contributed by atoms with E-state index < -0.39 is 18.2 Å². The lowest BCUT2D eigenvalue weighted by atomic mass is 9.69. The van der Waals surface area contributed by atoms with E-state index in [0.717, 1.165) is 69.1 Å². The number of hydrogen-bond donors (Lipinski definition) is 1. The first-order valence-corrected chi connectivity index (χ1v) is 16.4. The first-order chi connectivity index (χ1) is 23.1. The van der Waals surface area contributed by atoms with Crippen LogP contribution in [0.3, 0.4) is 0 Å². The van der Waals surface area contributed by atoms with Crippen LogP contribution in [0, 0.1) is 23.7 Å². The van der Waals surface area contributed by atoms with Gasteiger partial charge in [-0.2, -0.15) is 0 Å². The molecule has 0 saturated heterocycles. The molecule has 0 heterocycles. The second-order valence-electron chi connectivity index (χ2n) is 12.4. The minimum Gasteiger partial charge on any atom is -0.465 e. The highest BCUT2D eigenvalue weighted by atomic mass is 16.6. The summed E-state index contributed by atoms with van der Waals surface area (Å²) in [6, 6.07) is 11.4. The van der Waals surface area contributed by atoms with Gasteiger partial charge in [0.1, 0.15) is 11.5 Å². The van der Waals surface area contributed by atoms with Gasteiger partial charge in [0.05, 0.1) is 18.4 Å². The molecule has 0 spiro atoms. The molecule has 2 aromatic rings. The van der Waals surface area contributed by atoms with Crippen molar-refractivity contribution in [3.63, 3.8) is 0 Å². The molecule has 2 aliphatic rings. The van der Waals surface area contributed by atoms with Crippen LogP contribution < -0.4 is 18.9 Å². The normalized spacial score (nSPS) is 21.1. The standard InChI is InChI=1S/C38H44O10/c1-5-34(39)47-32-20-7-25(23-33(32)48-35(40)6-2)21-22-44-37(42)28-12-8-26(9-13-28)27-10-14-29(15-11-27)38(43)46-31-18-16-30(17-19-31)45-36(41)24(3)4/h5-7,16-20,23,26-29,36,41H,1-3,8-15,21-22H2,4H3. The third-order valence-corrected chi connectivity index (χ3v) is 8.99. The molecule has 10 nitrogen and oxygen atoms in total. The number of esters is 4. The summed E-state index contributed by atoms with van der Waals surface area (Å²) in [6.07, 6.45) is 8.25. The average Bonchev–Trinajstić information content (AvgIpc) is 3.10. The molecule has 2 fully saturated rings.